The van der Waals surface area contributed by atoms with E-state index >= 15 is 4.39 Å². The van der Waals surface area contributed by atoms with E-state index in [-0.39, 0.29) is 52.5 Å². The number of aromatic hydroxyl groups is 1. The zero-order valence-electron chi connectivity index (χ0n) is 40.9. The van der Waals surface area contributed by atoms with Gasteiger partial charge in [-0.05, 0) is 129 Å². The predicted octanol–water partition coefficient (Wildman–Crippen LogP) is 6.59. The first-order valence-corrected chi connectivity index (χ1v) is 26.0. The molecule has 15 nitrogen and oxygen atoms in total. The molecule has 6 fully saturated rings. The summed E-state index contributed by atoms with van der Waals surface area (Å²) in [5.41, 5.74) is 3.90. The van der Waals surface area contributed by atoms with E-state index in [1.165, 1.54) is 25.7 Å². The standard InChI is InChI=1S/C55H64FN9O6/c1-3-34-6-4-7-35-25-39(66)26-41(45(34)35)47-46(56)48-42(27-57-47)49(64-19-5-14-53(2,70)29-64)60-52(59-48)71-33-55(17-18-55)32-61-30-54(31-61)15-12-37(13-16-54)62-20-22-63(23-21-62)38-8-9-40-36(24-38)28-65(51(40)69)43-10-11-44(67)58-50(43)68/h4,6-9,24-27,37,43,66,70H,3,5,10-23,28-33H2,1-2H3,(H,58,67,68)/t43-,53+/m0/s1. The van der Waals surface area contributed by atoms with Crippen LogP contribution in [0.2, 0.25) is 0 Å². The Morgan fingerprint density at radius 3 is 2.44 bits per heavy atom. The van der Waals surface area contributed by atoms with Crippen LogP contribution >= 0.6 is 0 Å². The van der Waals surface area contributed by atoms with Crippen LogP contribution in [-0.2, 0) is 22.6 Å². The Balaban J connectivity index is 0.672. The number of aromatic nitrogens is 3. The molecule has 3 N–H and O–H groups in total. The minimum absolute atomic E-state index is 0.00789. The number of halogens is 1. The molecule has 7 aliphatic rings. The number of fused-ring (bicyclic) bond motifs is 3. The van der Waals surface area contributed by atoms with Crippen molar-refractivity contribution in [3.8, 4) is 23.0 Å². The molecule has 3 amide bonds. The highest BCUT2D eigenvalue weighted by Crippen LogP contribution is 2.51. The summed E-state index contributed by atoms with van der Waals surface area (Å²) in [6, 6.07) is 15.3. The molecule has 2 aliphatic carbocycles. The summed E-state index contributed by atoms with van der Waals surface area (Å²) >= 11 is 0. The van der Waals surface area contributed by atoms with Crippen LogP contribution in [0.5, 0.6) is 11.8 Å². The second-order valence-electron chi connectivity index (χ2n) is 22.3. The number of anilines is 2. The average Bonchev–Trinajstić information content (AvgIpc) is 4.05. The number of pyridine rings is 1. The first-order chi connectivity index (χ1) is 34.3. The number of amides is 3. The lowest BCUT2D eigenvalue weighted by atomic mass is 9.67. The number of β-amino-alcohol motifs (C(OH)–C–C–N with tert-alkyl or cyclic N) is 1. The Labute approximate surface area is 413 Å². The number of aliphatic hydroxyl groups is 1. The van der Waals surface area contributed by atoms with Crippen LogP contribution < -0.4 is 19.9 Å². The number of benzene rings is 3. The van der Waals surface area contributed by atoms with Crippen molar-refractivity contribution in [1.29, 1.82) is 0 Å². The molecule has 7 heterocycles. The topological polar surface area (TPSA) is 168 Å². The first-order valence-electron chi connectivity index (χ1n) is 26.0. The predicted molar refractivity (Wildman–Crippen MR) is 268 cm³/mol. The summed E-state index contributed by atoms with van der Waals surface area (Å²) in [4.78, 5) is 63.2. The smallest absolute Gasteiger partial charge is 0.319 e. The maximum Gasteiger partial charge on any atom is 0.319 e. The van der Waals surface area contributed by atoms with Gasteiger partial charge < -0.3 is 34.5 Å². The molecule has 1 spiro atoms. The number of ether oxygens (including phenoxy) is 1. The van der Waals surface area contributed by atoms with Crippen molar-refractivity contribution in [2.75, 3.05) is 75.3 Å². The summed E-state index contributed by atoms with van der Waals surface area (Å²) < 4.78 is 23.7. The zero-order valence-corrected chi connectivity index (χ0v) is 40.9. The molecule has 5 aliphatic heterocycles. The van der Waals surface area contributed by atoms with E-state index in [0.717, 1.165) is 99.1 Å². The molecule has 3 aromatic carbocycles. The molecular formula is C55H64FN9O6. The van der Waals surface area contributed by atoms with Gasteiger partial charge in [0, 0.05) is 106 Å². The molecule has 2 aromatic heterocycles. The molecule has 71 heavy (non-hydrogen) atoms. The van der Waals surface area contributed by atoms with Crippen molar-refractivity contribution in [3.05, 3.63) is 77.2 Å². The molecule has 2 atom stereocenters. The minimum Gasteiger partial charge on any atom is -0.508 e. The highest BCUT2D eigenvalue weighted by atomic mass is 19.1. The van der Waals surface area contributed by atoms with Crippen LogP contribution in [0.15, 0.2) is 54.7 Å². The third-order valence-corrected chi connectivity index (χ3v) is 17.2. The number of phenolic OH excluding ortho intramolecular Hbond substituents is 1. The van der Waals surface area contributed by atoms with Crippen molar-refractivity contribution >= 4 is 50.9 Å². The number of likely N-dealkylation sites (tertiary alicyclic amines) is 1. The number of piperazine rings is 1. The lowest BCUT2D eigenvalue weighted by Gasteiger charge is -2.55. The number of nitrogens with zero attached hydrogens (tertiary/aromatic N) is 8. The molecular weight excluding hydrogens is 902 g/mol. The molecule has 12 rings (SSSR count). The van der Waals surface area contributed by atoms with Gasteiger partial charge in [0.15, 0.2) is 5.82 Å². The second-order valence-corrected chi connectivity index (χ2v) is 22.3. The van der Waals surface area contributed by atoms with Gasteiger partial charge in [-0.15, -0.1) is 0 Å². The normalized spacial score (nSPS) is 24.7. The van der Waals surface area contributed by atoms with Gasteiger partial charge in [-0.25, -0.2) is 4.39 Å². The number of nitrogens with one attached hydrogen (secondary N) is 1. The lowest BCUT2D eigenvalue weighted by Crippen LogP contribution is -2.60. The fourth-order valence-electron chi connectivity index (χ4n) is 13.1. The molecule has 5 aromatic rings. The SMILES string of the molecule is CCc1cccc2cc(O)cc(-c3ncc4c(N5CCC[C@@](C)(O)C5)nc(OCC5(CN6CC7(CCC(N8CCN(c9ccc%10c(c9)CN([C@H]9CCC(=O)NC9=O)C%10=O)CC8)CC7)C6)CC5)nc4c3F)c12. The van der Waals surface area contributed by atoms with Crippen LogP contribution in [0.3, 0.4) is 0 Å². The first kappa shape index (κ1) is 46.1. The minimum atomic E-state index is -0.926. The highest BCUT2D eigenvalue weighted by molar-refractivity contribution is 6.06. The van der Waals surface area contributed by atoms with E-state index in [4.69, 9.17) is 14.7 Å². The van der Waals surface area contributed by atoms with Crippen molar-refractivity contribution in [3.63, 3.8) is 0 Å². The highest BCUT2D eigenvalue weighted by Gasteiger charge is 2.52. The van der Waals surface area contributed by atoms with Gasteiger partial charge in [-0.2, -0.15) is 9.97 Å². The number of carbonyl (C=O) groups is 3. The molecule has 2 saturated carbocycles. The maximum atomic E-state index is 17.1. The summed E-state index contributed by atoms with van der Waals surface area (Å²) in [7, 11) is 0. The van der Waals surface area contributed by atoms with Crippen LogP contribution in [0.25, 0.3) is 32.9 Å². The quantitative estimate of drug-likeness (QED) is 0.122. The molecule has 16 heteroatoms. The van der Waals surface area contributed by atoms with E-state index in [9.17, 15) is 24.6 Å². The maximum absolute atomic E-state index is 17.1. The third-order valence-electron chi connectivity index (χ3n) is 17.2. The number of aryl methyl sites for hydroxylation is 1. The van der Waals surface area contributed by atoms with Crippen LogP contribution in [0.4, 0.5) is 15.9 Å². The van der Waals surface area contributed by atoms with Gasteiger partial charge in [-0.3, -0.25) is 29.6 Å². The number of hydrogen-bond acceptors (Lipinski definition) is 13. The molecule has 372 valence electrons. The number of rotatable bonds is 11. The number of piperidine rings is 2. The van der Waals surface area contributed by atoms with Gasteiger partial charge in [0.25, 0.3) is 5.91 Å². The summed E-state index contributed by atoms with van der Waals surface area (Å²) in [6.07, 6.45) is 11.4. The van der Waals surface area contributed by atoms with Gasteiger partial charge >= 0.3 is 6.01 Å². The summed E-state index contributed by atoms with van der Waals surface area (Å²) in [6.45, 7) is 12.7. The summed E-state index contributed by atoms with van der Waals surface area (Å²) in [5, 5.41) is 26.4. The van der Waals surface area contributed by atoms with Crippen LogP contribution in [-0.4, -0.2) is 141 Å². The van der Waals surface area contributed by atoms with E-state index in [1.54, 1.807) is 23.2 Å². The van der Waals surface area contributed by atoms with Gasteiger partial charge in [0.05, 0.1) is 17.6 Å². The fraction of sp³-hybridized carbons (Fsp3) is 0.527. The molecule has 0 unspecified atom stereocenters. The Morgan fingerprint density at radius 2 is 1.69 bits per heavy atom. The molecule has 0 bridgehead atoms. The van der Waals surface area contributed by atoms with E-state index in [2.05, 4.69) is 38.0 Å². The Hall–Kier alpha value is -5.97. The van der Waals surface area contributed by atoms with Crippen LogP contribution in [0.1, 0.15) is 99.5 Å². The van der Waals surface area contributed by atoms with Crippen molar-refractivity contribution in [2.45, 2.75) is 109 Å². The van der Waals surface area contributed by atoms with Gasteiger partial charge in [-0.1, -0.05) is 25.1 Å². The molecule has 4 saturated heterocycles. The lowest BCUT2D eigenvalue weighted by molar-refractivity contribution is -0.136. The largest absolute Gasteiger partial charge is 0.508 e. The Kier molecular flexibility index (Phi) is 11.5. The van der Waals surface area contributed by atoms with Crippen molar-refractivity contribution in [2.24, 2.45) is 10.8 Å². The number of imide groups is 1. The Bertz CT molecular complexity index is 2960. The van der Waals surface area contributed by atoms with Crippen molar-refractivity contribution < 1.29 is 33.7 Å². The average molecular weight is 966 g/mol. The van der Waals surface area contributed by atoms with Crippen molar-refractivity contribution in [1.82, 2.24) is 35.0 Å². The van der Waals surface area contributed by atoms with E-state index in [0.29, 0.717) is 72.9 Å². The van der Waals surface area contributed by atoms with Gasteiger partial charge in [0.1, 0.15) is 28.8 Å². The van der Waals surface area contributed by atoms with E-state index < -0.39 is 17.5 Å². The Morgan fingerprint density at radius 1 is 0.887 bits per heavy atom. The monoisotopic (exact) mass is 965 g/mol. The zero-order chi connectivity index (χ0) is 48.8. The summed E-state index contributed by atoms with van der Waals surface area (Å²) in [5.74, 6) is -0.861. The second kappa shape index (κ2) is 17.7. The van der Waals surface area contributed by atoms with E-state index in [1.807, 2.05) is 42.2 Å². The number of phenols is 1. The van der Waals surface area contributed by atoms with Crippen LogP contribution in [0, 0.1) is 16.6 Å². The number of carbonyl (C=O) groups excluding carboxylic acids is 3. The number of hydrogen-bond donors (Lipinski definition) is 3. The fourth-order valence-corrected chi connectivity index (χ4v) is 13.1. The van der Waals surface area contributed by atoms with Gasteiger partial charge in [0.2, 0.25) is 11.8 Å². The third kappa shape index (κ3) is 8.62. The molecule has 0 radical (unpaired) electrons.